The topological polar surface area (TPSA) is 69.6 Å². The Labute approximate surface area is 103 Å². The van der Waals surface area contributed by atoms with E-state index in [4.69, 9.17) is 0 Å². The van der Waals surface area contributed by atoms with Crippen molar-refractivity contribution in [3.05, 3.63) is 0 Å². The van der Waals surface area contributed by atoms with Crippen molar-refractivity contribution in [2.75, 3.05) is 6.54 Å². The fourth-order valence-electron chi connectivity index (χ4n) is 3.29. The zero-order chi connectivity index (χ0) is 13.3. The molecule has 1 aliphatic rings. The second-order valence-electron chi connectivity index (χ2n) is 6.47. The van der Waals surface area contributed by atoms with Crippen LogP contribution in [0.15, 0.2) is 0 Å². The number of hydrogen-bond donors (Lipinski definition) is 3. The number of hydrogen-bond acceptors (Lipinski definition) is 3. The first kappa shape index (κ1) is 14.5. The lowest BCUT2D eigenvalue weighted by Gasteiger charge is -2.45. The second kappa shape index (κ2) is 4.94. The third kappa shape index (κ3) is 3.68. The molecule has 3 atom stereocenters. The van der Waals surface area contributed by atoms with Crippen molar-refractivity contribution in [1.29, 1.82) is 0 Å². The Bertz CT molecular complexity index is 288. The molecule has 17 heavy (non-hydrogen) atoms. The van der Waals surface area contributed by atoms with Crippen LogP contribution in [0.5, 0.6) is 0 Å². The predicted molar refractivity (Wildman–Crippen MR) is 66.8 cm³/mol. The molecule has 0 aromatic rings. The van der Waals surface area contributed by atoms with Gasteiger partial charge >= 0.3 is 5.97 Å². The minimum absolute atomic E-state index is 0.0295. The molecule has 100 valence electrons. The monoisotopic (exact) mass is 243 g/mol. The fraction of sp³-hybridized carbons (Fsp3) is 0.923. The van der Waals surface area contributed by atoms with E-state index in [0.717, 1.165) is 6.42 Å². The van der Waals surface area contributed by atoms with Gasteiger partial charge in [0.15, 0.2) is 0 Å². The van der Waals surface area contributed by atoms with E-state index in [2.05, 4.69) is 26.1 Å². The minimum atomic E-state index is -0.877. The molecule has 1 aliphatic carbocycles. The second-order valence-corrected chi connectivity index (χ2v) is 6.47. The average Bonchev–Trinajstić information content (AvgIpc) is 2.11. The Morgan fingerprint density at radius 3 is 2.47 bits per heavy atom. The van der Waals surface area contributed by atoms with Crippen LogP contribution in [0.1, 0.15) is 47.0 Å². The van der Waals surface area contributed by atoms with Crippen molar-refractivity contribution in [3.63, 3.8) is 0 Å². The first-order valence-corrected chi connectivity index (χ1v) is 6.33. The number of β-amino-alcohol motifs (C(OH)–C–C–N with tert-alkyl or cyclic N) is 1. The lowest BCUT2D eigenvalue weighted by Crippen LogP contribution is -2.59. The van der Waals surface area contributed by atoms with E-state index in [1.54, 1.807) is 6.92 Å². The SMILES string of the molecule is CC(O)CNC1(C(=O)O)CC(C)CC(C)(C)C1. The summed E-state index contributed by atoms with van der Waals surface area (Å²) in [7, 11) is 0. The Balaban J connectivity index is 2.86. The maximum Gasteiger partial charge on any atom is 0.323 e. The van der Waals surface area contributed by atoms with Gasteiger partial charge in [0.05, 0.1) is 6.10 Å². The lowest BCUT2D eigenvalue weighted by atomic mass is 9.64. The lowest BCUT2D eigenvalue weighted by molar-refractivity contribution is -0.149. The Hall–Kier alpha value is -0.610. The van der Waals surface area contributed by atoms with Crippen molar-refractivity contribution in [2.24, 2.45) is 11.3 Å². The highest BCUT2D eigenvalue weighted by Gasteiger charge is 2.47. The van der Waals surface area contributed by atoms with Crippen LogP contribution in [0, 0.1) is 11.3 Å². The quantitative estimate of drug-likeness (QED) is 0.702. The van der Waals surface area contributed by atoms with Gasteiger partial charge in [0.25, 0.3) is 0 Å². The van der Waals surface area contributed by atoms with Crippen molar-refractivity contribution in [1.82, 2.24) is 5.32 Å². The molecule has 3 unspecified atom stereocenters. The minimum Gasteiger partial charge on any atom is -0.480 e. The van der Waals surface area contributed by atoms with Gasteiger partial charge in [-0.3, -0.25) is 10.1 Å². The number of rotatable bonds is 4. The summed E-state index contributed by atoms with van der Waals surface area (Å²) in [6.45, 7) is 8.33. The van der Waals surface area contributed by atoms with Gasteiger partial charge in [-0.15, -0.1) is 0 Å². The van der Waals surface area contributed by atoms with Crippen molar-refractivity contribution >= 4 is 5.97 Å². The maximum atomic E-state index is 11.6. The summed E-state index contributed by atoms with van der Waals surface area (Å²) in [5, 5.41) is 21.9. The Morgan fingerprint density at radius 2 is 2.06 bits per heavy atom. The maximum absolute atomic E-state index is 11.6. The van der Waals surface area contributed by atoms with Gasteiger partial charge in [-0.05, 0) is 37.5 Å². The summed E-state index contributed by atoms with van der Waals surface area (Å²) in [4.78, 5) is 11.6. The van der Waals surface area contributed by atoms with Crippen LogP contribution in [0.25, 0.3) is 0 Å². The first-order chi connectivity index (χ1) is 7.67. The number of carboxylic acid groups (broad SMARTS) is 1. The molecular weight excluding hydrogens is 218 g/mol. The van der Waals surface area contributed by atoms with E-state index < -0.39 is 17.6 Å². The smallest absolute Gasteiger partial charge is 0.323 e. The van der Waals surface area contributed by atoms with Crippen LogP contribution in [0.2, 0.25) is 0 Å². The molecule has 1 saturated carbocycles. The standard InChI is InChI=1S/C13H25NO3/c1-9-5-12(3,4)8-13(6-9,11(16)17)14-7-10(2)15/h9-10,14-15H,5-8H2,1-4H3,(H,16,17). The van der Waals surface area contributed by atoms with Crippen LogP contribution in [-0.4, -0.2) is 34.4 Å². The highest BCUT2D eigenvalue weighted by Crippen LogP contribution is 2.43. The molecule has 1 rings (SSSR count). The van der Waals surface area contributed by atoms with E-state index in [1.807, 2.05) is 0 Å². The Kier molecular flexibility index (Phi) is 4.20. The van der Waals surface area contributed by atoms with E-state index in [9.17, 15) is 15.0 Å². The van der Waals surface area contributed by atoms with Gasteiger partial charge in [-0.2, -0.15) is 0 Å². The first-order valence-electron chi connectivity index (χ1n) is 6.33. The number of carbonyl (C=O) groups is 1. The third-order valence-electron chi connectivity index (χ3n) is 3.52. The normalized spacial score (nSPS) is 34.3. The molecule has 3 N–H and O–H groups in total. The van der Waals surface area contributed by atoms with Gasteiger partial charge in [0, 0.05) is 6.54 Å². The number of carboxylic acids is 1. The van der Waals surface area contributed by atoms with E-state index in [-0.39, 0.29) is 5.41 Å². The molecule has 0 amide bonds. The van der Waals surface area contributed by atoms with Crippen LogP contribution >= 0.6 is 0 Å². The van der Waals surface area contributed by atoms with Crippen LogP contribution in [-0.2, 0) is 4.79 Å². The number of nitrogens with one attached hydrogen (secondary N) is 1. The van der Waals surface area contributed by atoms with Crippen LogP contribution in [0.4, 0.5) is 0 Å². The molecule has 0 bridgehead atoms. The Morgan fingerprint density at radius 1 is 1.47 bits per heavy atom. The molecule has 0 aromatic heterocycles. The molecule has 0 radical (unpaired) electrons. The summed E-state index contributed by atoms with van der Waals surface area (Å²) in [6.07, 6.45) is 1.79. The number of aliphatic hydroxyl groups is 1. The van der Waals surface area contributed by atoms with Gasteiger partial charge < -0.3 is 10.2 Å². The van der Waals surface area contributed by atoms with Crippen molar-refractivity contribution in [3.8, 4) is 0 Å². The van der Waals surface area contributed by atoms with Gasteiger partial charge in [0.2, 0.25) is 0 Å². The largest absolute Gasteiger partial charge is 0.480 e. The third-order valence-corrected chi connectivity index (χ3v) is 3.52. The van der Waals surface area contributed by atoms with Gasteiger partial charge in [-0.1, -0.05) is 20.8 Å². The zero-order valence-corrected chi connectivity index (χ0v) is 11.3. The molecule has 4 heteroatoms. The predicted octanol–water partition coefficient (Wildman–Crippen LogP) is 1.63. The van der Waals surface area contributed by atoms with E-state index in [1.165, 1.54) is 0 Å². The molecule has 0 saturated heterocycles. The average molecular weight is 243 g/mol. The van der Waals surface area contributed by atoms with Gasteiger partial charge in [0.1, 0.15) is 5.54 Å². The van der Waals surface area contributed by atoms with Crippen LogP contribution in [0.3, 0.4) is 0 Å². The molecular formula is C13H25NO3. The molecule has 0 aliphatic heterocycles. The summed E-state index contributed by atoms with van der Waals surface area (Å²) in [6, 6.07) is 0. The molecule has 0 spiro atoms. The summed E-state index contributed by atoms with van der Waals surface area (Å²) < 4.78 is 0. The fourth-order valence-corrected chi connectivity index (χ4v) is 3.29. The number of aliphatic hydroxyl groups excluding tert-OH is 1. The summed E-state index contributed by atoms with van der Waals surface area (Å²) in [5.41, 5.74) is -0.847. The highest BCUT2D eigenvalue weighted by molar-refractivity contribution is 5.79. The van der Waals surface area contributed by atoms with Gasteiger partial charge in [-0.25, -0.2) is 0 Å². The van der Waals surface area contributed by atoms with Crippen molar-refractivity contribution < 1.29 is 15.0 Å². The molecule has 4 nitrogen and oxygen atoms in total. The molecule has 0 aromatic carbocycles. The summed E-state index contributed by atoms with van der Waals surface area (Å²) in [5.74, 6) is -0.408. The molecule has 1 fully saturated rings. The highest BCUT2D eigenvalue weighted by atomic mass is 16.4. The zero-order valence-electron chi connectivity index (χ0n) is 11.3. The molecule has 0 heterocycles. The van der Waals surface area contributed by atoms with E-state index in [0.29, 0.717) is 25.3 Å². The number of aliphatic carboxylic acids is 1. The van der Waals surface area contributed by atoms with Crippen molar-refractivity contribution in [2.45, 2.75) is 58.6 Å². The van der Waals surface area contributed by atoms with Crippen LogP contribution < -0.4 is 5.32 Å². The summed E-state index contributed by atoms with van der Waals surface area (Å²) >= 11 is 0. The van der Waals surface area contributed by atoms with E-state index >= 15 is 0 Å².